The second-order valence-electron chi connectivity index (χ2n) is 3.77. The summed E-state index contributed by atoms with van der Waals surface area (Å²) in [5, 5.41) is 0.373. The van der Waals surface area contributed by atoms with Crippen LogP contribution in [0, 0.1) is 3.70 Å². The van der Waals surface area contributed by atoms with Crippen molar-refractivity contribution in [2.24, 2.45) is 0 Å². The maximum Gasteiger partial charge on any atom is 0.434 e. The Bertz CT molecular complexity index is 674. The van der Waals surface area contributed by atoms with Gasteiger partial charge in [-0.25, -0.2) is 4.98 Å². The largest absolute Gasteiger partial charge is 0.434 e. The fourth-order valence-electron chi connectivity index (χ4n) is 1.60. The van der Waals surface area contributed by atoms with E-state index in [1.165, 1.54) is 24.3 Å². The predicted molar refractivity (Wildman–Crippen MR) is 82.4 cm³/mol. The molecule has 20 heavy (non-hydrogen) atoms. The lowest BCUT2D eigenvalue weighted by Gasteiger charge is -2.14. The van der Waals surface area contributed by atoms with Gasteiger partial charge >= 0.3 is 6.18 Å². The summed E-state index contributed by atoms with van der Waals surface area (Å²) in [5.74, 6) is 0. The Morgan fingerprint density at radius 3 is 2.10 bits per heavy atom. The Balaban J connectivity index is 2.73. The minimum absolute atomic E-state index is 0.0768. The highest BCUT2D eigenvalue weighted by Gasteiger charge is 2.36. The Kier molecular flexibility index (Phi) is 4.73. The summed E-state index contributed by atoms with van der Waals surface area (Å²) in [6, 6.07) is 5.37. The molecule has 0 saturated heterocycles. The third-order valence-corrected chi connectivity index (χ3v) is 4.07. The van der Waals surface area contributed by atoms with Crippen LogP contribution in [0.5, 0.6) is 0 Å². The van der Waals surface area contributed by atoms with E-state index in [1.807, 2.05) is 0 Å². The monoisotopic (exact) mass is 451 g/mol. The van der Waals surface area contributed by atoms with Gasteiger partial charge < -0.3 is 0 Å². The lowest BCUT2D eigenvalue weighted by atomic mass is 10.0. The first kappa shape index (κ1) is 16.1. The minimum Gasteiger partial charge on any atom is -0.237 e. The lowest BCUT2D eigenvalue weighted by Crippen LogP contribution is -2.11. The van der Waals surface area contributed by atoms with Crippen molar-refractivity contribution in [3.05, 3.63) is 48.7 Å². The van der Waals surface area contributed by atoms with Crippen LogP contribution in [0.1, 0.15) is 5.69 Å². The molecule has 0 amide bonds. The predicted octanol–water partition coefficient (Wildman–Crippen LogP) is 6.33. The van der Waals surface area contributed by atoms with E-state index >= 15 is 0 Å². The van der Waals surface area contributed by atoms with Crippen LogP contribution in [0.25, 0.3) is 11.1 Å². The average molecular weight is 452 g/mol. The molecule has 1 heterocycles. The molecule has 0 N–H and O–H groups in total. The normalized spacial score (nSPS) is 11.8. The van der Waals surface area contributed by atoms with Crippen LogP contribution in [-0.4, -0.2) is 4.98 Å². The number of rotatable bonds is 1. The minimum atomic E-state index is -4.59. The van der Waals surface area contributed by atoms with E-state index in [4.69, 9.17) is 34.8 Å². The van der Waals surface area contributed by atoms with Crippen LogP contribution >= 0.6 is 57.4 Å². The summed E-state index contributed by atoms with van der Waals surface area (Å²) in [6.07, 6.45) is -4.59. The molecule has 0 aliphatic carbocycles. The van der Waals surface area contributed by atoms with E-state index < -0.39 is 11.9 Å². The summed E-state index contributed by atoms with van der Waals surface area (Å²) >= 11 is 19.3. The fraction of sp³-hybridized carbons (Fsp3) is 0.0833. The van der Waals surface area contributed by atoms with Gasteiger partial charge in [-0.05, 0) is 46.9 Å². The van der Waals surface area contributed by atoms with Crippen molar-refractivity contribution in [2.45, 2.75) is 6.18 Å². The van der Waals surface area contributed by atoms with Gasteiger partial charge in [-0.3, -0.25) is 0 Å². The molecule has 1 nitrogen and oxygen atoms in total. The summed E-state index contributed by atoms with van der Waals surface area (Å²) < 4.78 is 39.4. The van der Waals surface area contributed by atoms with Crippen LogP contribution in [0.3, 0.4) is 0 Å². The molecule has 0 radical (unpaired) electrons. The highest BCUT2D eigenvalue weighted by Crippen LogP contribution is 2.41. The topological polar surface area (TPSA) is 12.9 Å². The van der Waals surface area contributed by atoms with Gasteiger partial charge in [-0.15, -0.1) is 0 Å². The van der Waals surface area contributed by atoms with Gasteiger partial charge in [0, 0.05) is 11.1 Å². The number of halogens is 7. The standard InChI is InChI=1S/C12H4Cl3F3IN/c13-7-4-9(15)8(14)3-6(7)5-1-2-10(19)20-11(5)12(16,17)18/h1-4H. The van der Waals surface area contributed by atoms with Crippen LogP contribution in [0.4, 0.5) is 13.2 Å². The van der Waals surface area contributed by atoms with Gasteiger partial charge in [0.2, 0.25) is 0 Å². The van der Waals surface area contributed by atoms with Crippen molar-refractivity contribution in [3.8, 4) is 11.1 Å². The Morgan fingerprint density at radius 2 is 1.50 bits per heavy atom. The molecule has 1 aromatic heterocycles. The summed E-state index contributed by atoms with van der Waals surface area (Å²) in [7, 11) is 0. The summed E-state index contributed by atoms with van der Waals surface area (Å²) in [4.78, 5) is 3.54. The SMILES string of the molecule is FC(F)(F)c1nc(I)ccc1-c1cc(Cl)c(Cl)cc1Cl. The van der Waals surface area contributed by atoms with Crippen molar-refractivity contribution in [1.82, 2.24) is 4.98 Å². The zero-order valence-electron chi connectivity index (χ0n) is 9.40. The van der Waals surface area contributed by atoms with E-state index in [-0.39, 0.29) is 29.9 Å². The Morgan fingerprint density at radius 1 is 0.900 bits per heavy atom. The number of hydrogen-bond acceptors (Lipinski definition) is 1. The quantitative estimate of drug-likeness (QED) is 0.280. The third-order valence-electron chi connectivity index (χ3n) is 2.43. The summed E-state index contributed by atoms with van der Waals surface area (Å²) in [5.41, 5.74) is -1.01. The molecule has 0 spiro atoms. The zero-order chi connectivity index (χ0) is 15.1. The molecular formula is C12H4Cl3F3IN. The molecule has 0 bridgehead atoms. The molecule has 0 unspecified atom stereocenters. The van der Waals surface area contributed by atoms with Crippen LogP contribution < -0.4 is 0 Å². The first-order chi connectivity index (χ1) is 9.20. The van der Waals surface area contributed by atoms with Gasteiger partial charge in [0.25, 0.3) is 0 Å². The Hall–Kier alpha value is -0.240. The van der Waals surface area contributed by atoms with Gasteiger partial charge in [0.1, 0.15) is 3.70 Å². The molecule has 106 valence electrons. The summed E-state index contributed by atoms with van der Waals surface area (Å²) in [6.45, 7) is 0. The van der Waals surface area contributed by atoms with Gasteiger partial charge in [-0.1, -0.05) is 34.8 Å². The second-order valence-corrected chi connectivity index (χ2v) is 6.10. The van der Waals surface area contributed by atoms with Crippen molar-refractivity contribution < 1.29 is 13.2 Å². The van der Waals surface area contributed by atoms with Crippen molar-refractivity contribution in [3.63, 3.8) is 0 Å². The number of nitrogens with zero attached hydrogens (tertiary/aromatic N) is 1. The number of pyridine rings is 1. The van der Waals surface area contributed by atoms with Crippen LogP contribution in [0.15, 0.2) is 24.3 Å². The van der Waals surface area contributed by atoms with Crippen LogP contribution in [0.2, 0.25) is 15.1 Å². The number of hydrogen-bond donors (Lipinski definition) is 0. The zero-order valence-corrected chi connectivity index (χ0v) is 13.8. The maximum atomic E-state index is 13.1. The smallest absolute Gasteiger partial charge is 0.237 e. The van der Waals surface area contributed by atoms with Crippen molar-refractivity contribution >= 4 is 57.4 Å². The van der Waals surface area contributed by atoms with E-state index in [0.29, 0.717) is 0 Å². The lowest BCUT2D eigenvalue weighted by molar-refractivity contribution is -0.140. The number of alkyl halides is 3. The molecule has 1 aromatic carbocycles. The molecule has 0 saturated carbocycles. The van der Waals surface area contributed by atoms with E-state index in [9.17, 15) is 13.2 Å². The van der Waals surface area contributed by atoms with E-state index in [0.717, 1.165) is 0 Å². The second kappa shape index (κ2) is 5.87. The van der Waals surface area contributed by atoms with Gasteiger partial charge in [0.15, 0.2) is 5.69 Å². The highest BCUT2D eigenvalue weighted by molar-refractivity contribution is 14.1. The Labute approximate surface area is 141 Å². The molecule has 2 rings (SSSR count). The molecular weight excluding hydrogens is 448 g/mol. The van der Waals surface area contributed by atoms with E-state index in [2.05, 4.69) is 4.98 Å². The van der Waals surface area contributed by atoms with Crippen molar-refractivity contribution in [2.75, 3.05) is 0 Å². The molecule has 8 heteroatoms. The van der Waals surface area contributed by atoms with Gasteiger partial charge in [-0.2, -0.15) is 13.2 Å². The number of benzene rings is 1. The fourth-order valence-corrected chi connectivity index (χ4v) is 2.67. The first-order valence-corrected chi connectivity index (χ1v) is 7.30. The molecule has 2 aromatic rings. The van der Waals surface area contributed by atoms with Crippen molar-refractivity contribution in [1.29, 1.82) is 0 Å². The first-order valence-electron chi connectivity index (χ1n) is 5.09. The molecule has 0 aliphatic rings. The third kappa shape index (κ3) is 3.32. The van der Waals surface area contributed by atoms with Gasteiger partial charge in [0.05, 0.1) is 15.1 Å². The number of aromatic nitrogens is 1. The molecule has 0 aliphatic heterocycles. The van der Waals surface area contributed by atoms with E-state index in [1.54, 1.807) is 22.6 Å². The maximum absolute atomic E-state index is 13.1. The molecule has 0 atom stereocenters. The average Bonchev–Trinajstić information content (AvgIpc) is 2.33. The van der Waals surface area contributed by atoms with Crippen LogP contribution in [-0.2, 0) is 6.18 Å². The highest BCUT2D eigenvalue weighted by atomic mass is 127. The molecule has 0 fully saturated rings.